The average molecular weight is 343 g/mol. The molecule has 1 aromatic carbocycles. The molecule has 0 saturated heterocycles. The van der Waals surface area contributed by atoms with E-state index in [0.29, 0.717) is 19.6 Å². The molecular formula is C15H19BrO4. The van der Waals surface area contributed by atoms with Gasteiger partial charge in [0.05, 0.1) is 13.2 Å². The summed E-state index contributed by atoms with van der Waals surface area (Å²) in [4.78, 5) is 10.6. The number of benzene rings is 1. The molecule has 1 heterocycles. The van der Waals surface area contributed by atoms with Gasteiger partial charge in [0.1, 0.15) is 16.3 Å². The largest absolute Gasteiger partial charge is 0.493 e. The fourth-order valence-corrected chi connectivity index (χ4v) is 2.85. The lowest BCUT2D eigenvalue weighted by molar-refractivity contribution is -0.136. The van der Waals surface area contributed by atoms with Crippen LogP contribution in [0.5, 0.6) is 11.5 Å². The van der Waals surface area contributed by atoms with Gasteiger partial charge in [0, 0.05) is 12.0 Å². The number of hydrogen-bond acceptors (Lipinski definition) is 3. The van der Waals surface area contributed by atoms with Crippen molar-refractivity contribution in [3.63, 3.8) is 0 Å². The number of hydrogen-bond donors (Lipinski definition) is 1. The number of fused-ring (bicyclic) bond motifs is 1. The lowest BCUT2D eigenvalue weighted by atomic mass is 9.90. The molecule has 2 atom stereocenters. The summed E-state index contributed by atoms with van der Waals surface area (Å²) in [6.45, 7) is 3.34. The second kappa shape index (κ2) is 6.97. The Hall–Kier alpha value is -1.23. The minimum absolute atomic E-state index is 0.0686. The fraction of sp³-hybridized carbons (Fsp3) is 0.533. The minimum Gasteiger partial charge on any atom is -0.493 e. The lowest BCUT2D eigenvalue weighted by Crippen LogP contribution is -2.27. The van der Waals surface area contributed by atoms with Gasteiger partial charge in [0.2, 0.25) is 0 Å². The van der Waals surface area contributed by atoms with Crippen molar-refractivity contribution in [2.75, 3.05) is 13.2 Å². The highest BCUT2D eigenvalue weighted by Gasteiger charge is 2.31. The highest BCUT2D eigenvalue weighted by Crippen LogP contribution is 2.40. The highest BCUT2D eigenvalue weighted by molar-refractivity contribution is 9.10. The van der Waals surface area contributed by atoms with Gasteiger partial charge in [-0.3, -0.25) is 4.79 Å². The SMILES string of the molecule is CCCCOc1ccc2c(c1)OCC[C@H]2C(Br)C(=O)O. The number of unbranched alkanes of at least 4 members (excludes halogenated alkanes) is 1. The zero-order valence-corrected chi connectivity index (χ0v) is 13.1. The molecular weight excluding hydrogens is 324 g/mol. The number of carboxylic acid groups (broad SMARTS) is 1. The van der Waals surface area contributed by atoms with Crippen LogP contribution in [0.15, 0.2) is 18.2 Å². The van der Waals surface area contributed by atoms with E-state index >= 15 is 0 Å². The van der Waals surface area contributed by atoms with Crippen LogP contribution in [0.2, 0.25) is 0 Å². The highest BCUT2D eigenvalue weighted by atomic mass is 79.9. The Balaban J connectivity index is 2.15. The normalized spacial score (nSPS) is 18.8. The molecule has 0 spiro atoms. The molecule has 1 aliphatic rings. The maximum absolute atomic E-state index is 11.1. The van der Waals surface area contributed by atoms with Gasteiger partial charge in [-0.1, -0.05) is 35.3 Å². The molecule has 1 aromatic rings. The summed E-state index contributed by atoms with van der Waals surface area (Å²) in [7, 11) is 0. The second-order valence-corrected chi connectivity index (χ2v) is 5.87. The summed E-state index contributed by atoms with van der Waals surface area (Å²) in [6.07, 6.45) is 2.81. The number of alkyl halides is 1. The van der Waals surface area contributed by atoms with Crippen LogP contribution in [0, 0.1) is 0 Å². The molecule has 1 aliphatic heterocycles. The van der Waals surface area contributed by atoms with Crippen LogP contribution in [0.1, 0.15) is 37.7 Å². The number of halogens is 1. The third-order valence-corrected chi connectivity index (χ3v) is 4.46. The molecule has 0 amide bonds. The molecule has 0 aliphatic carbocycles. The van der Waals surface area contributed by atoms with E-state index < -0.39 is 10.8 Å². The van der Waals surface area contributed by atoms with E-state index in [1.165, 1.54) is 0 Å². The standard InChI is InChI=1S/C15H19BrO4/c1-2-3-7-19-10-4-5-11-12(14(16)15(17)18)6-8-20-13(11)9-10/h4-5,9,12,14H,2-3,6-8H2,1H3,(H,17,18)/t12-,14?/m1/s1. The van der Waals surface area contributed by atoms with Crippen LogP contribution in [-0.2, 0) is 4.79 Å². The summed E-state index contributed by atoms with van der Waals surface area (Å²) in [5.41, 5.74) is 0.934. The van der Waals surface area contributed by atoms with E-state index in [-0.39, 0.29) is 5.92 Å². The van der Waals surface area contributed by atoms with Gasteiger partial charge < -0.3 is 14.6 Å². The van der Waals surface area contributed by atoms with Gasteiger partial charge in [-0.05, 0) is 24.5 Å². The summed E-state index contributed by atoms with van der Waals surface area (Å²) in [5.74, 6) is 0.604. The van der Waals surface area contributed by atoms with E-state index in [9.17, 15) is 4.79 Å². The fourth-order valence-electron chi connectivity index (χ4n) is 2.30. The van der Waals surface area contributed by atoms with Crippen molar-refractivity contribution in [2.24, 2.45) is 0 Å². The van der Waals surface area contributed by atoms with Gasteiger partial charge in [0.15, 0.2) is 0 Å². The molecule has 0 aromatic heterocycles. The summed E-state index contributed by atoms with van der Waals surface area (Å²) in [5, 5.41) is 9.15. The van der Waals surface area contributed by atoms with Gasteiger partial charge >= 0.3 is 5.97 Å². The number of aliphatic carboxylic acids is 1. The van der Waals surface area contributed by atoms with Crippen molar-refractivity contribution < 1.29 is 19.4 Å². The van der Waals surface area contributed by atoms with Gasteiger partial charge in [-0.25, -0.2) is 0 Å². The van der Waals surface area contributed by atoms with Crippen molar-refractivity contribution in [3.8, 4) is 11.5 Å². The molecule has 1 N–H and O–H groups in total. The Morgan fingerprint density at radius 3 is 3.10 bits per heavy atom. The van der Waals surface area contributed by atoms with Gasteiger partial charge in [-0.15, -0.1) is 0 Å². The van der Waals surface area contributed by atoms with Crippen molar-refractivity contribution in [1.29, 1.82) is 0 Å². The topological polar surface area (TPSA) is 55.8 Å². The quantitative estimate of drug-likeness (QED) is 0.634. The molecule has 110 valence electrons. The second-order valence-electron chi connectivity index (χ2n) is 4.89. The third-order valence-electron chi connectivity index (χ3n) is 3.43. The Bertz CT molecular complexity index is 475. The monoisotopic (exact) mass is 342 g/mol. The molecule has 0 bridgehead atoms. The van der Waals surface area contributed by atoms with Crippen molar-refractivity contribution in [2.45, 2.75) is 36.9 Å². The molecule has 0 fully saturated rings. The van der Waals surface area contributed by atoms with Crippen LogP contribution < -0.4 is 9.47 Å². The zero-order chi connectivity index (χ0) is 14.5. The Morgan fingerprint density at radius 1 is 1.60 bits per heavy atom. The molecule has 2 rings (SSSR count). The van der Waals surface area contributed by atoms with Gasteiger partial charge in [0.25, 0.3) is 0 Å². The Morgan fingerprint density at radius 2 is 2.40 bits per heavy atom. The van der Waals surface area contributed by atoms with Crippen LogP contribution in [0.4, 0.5) is 0 Å². The maximum atomic E-state index is 11.1. The lowest BCUT2D eigenvalue weighted by Gasteiger charge is -2.28. The zero-order valence-electron chi connectivity index (χ0n) is 11.5. The first-order valence-corrected chi connectivity index (χ1v) is 7.81. The Kier molecular flexibility index (Phi) is 5.29. The molecule has 1 unspecified atom stereocenters. The van der Waals surface area contributed by atoms with E-state index in [4.69, 9.17) is 14.6 Å². The Labute approximate surface area is 127 Å². The van der Waals surface area contributed by atoms with Gasteiger partial charge in [-0.2, -0.15) is 0 Å². The predicted octanol–water partition coefficient (Wildman–Crippen LogP) is 3.58. The third kappa shape index (κ3) is 3.45. The average Bonchev–Trinajstić information content (AvgIpc) is 2.45. The number of ether oxygens (including phenoxy) is 2. The van der Waals surface area contributed by atoms with E-state index in [0.717, 1.165) is 29.9 Å². The van der Waals surface area contributed by atoms with Crippen LogP contribution in [0.3, 0.4) is 0 Å². The number of carboxylic acids is 1. The first-order chi connectivity index (χ1) is 9.63. The smallest absolute Gasteiger partial charge is 0.317 e. The maximum Gasteiger partial charge on any atom is 0.317 e. The van der Waals surface area contributed by atoms with E-state index in [1.54, 1.807) is 0 Å². The van der Waals surface area contributed by atoms with Crippen molar-refractivity contribution in [1.82, 2.24) is 0 Å². The molecule has 0 radical (unpaired) electrons. The van der Waals surface area contributed by atoms with Crippen molar-refractivity contribution >= 4 is 21.9 Å². The van der Waals surface area contributed by atoms with Crippen LogP contribution in [0.25, 0.3) is 0 Å². The van der Waals surface area contributed by atoms with Crippen LogP contribution >= 0.6 is 15.9 Å². The number of carbonyl (C=O) groups is 1. The molecule has 5 heteroatoms. The summed E-state index contributed by atoms with van der Waals surface area (Å²) >= 11 is 3.26. The molecule has 20 heavy (non-hydrogen) atoms. The first kappa shape index (κ1) is 15.2. The number of rotatable bonds is 6. The summed E-state index contributed by atoms with van der Waals surface area (Å²) < 4.78 is 11.3. The van der Waals surface area contributed by atoms with E-state index in [1.807, 2.05) is 18.2 Å². The predicted molar refractivity (Wildman–Crippen MR) is 80.0 cm³/mol. The molecule has 4 nitrogen and oxygen atoms in total. The van der Waals surface area contributed by atoms with E-state index in [2.05, 4.69) is 22.9 Å². The first-order valence-electron chi connectivity index (χ1n) is 6.90. The van der Waals surface area contributed by atoms with Crippen molar-refractivity contribution in [3.05, 3.63) is 23.8 Å². The van der Waals surface area contributed by atoms with Crippen LogP contribution in [-0.4, -0.2) is 29.1 Å². The molecule has 0 saturated carbocycles. The minimum atomic E-state index is -0.842. The summed E-state index contributed by atoms with van der Waals surface area (Å²) in [6, 6.07) is 5.66.